The maximum Gasteiger partial charge on any atom is 0.403 e. The van der Waals surface area contributed by atoms with Gasteiger partial charge >= 0.3 is 12.2 Å². The summed E-state index contributed by atoms with van der Waals surface area (Å²) in [5, 5.41) is 2.99. The highest BCUT2D eigenvalue weighted by Crippen LogP contribution is 2.25. The lowest BCUT2D eigenvalue weighted by atomic mass is 10.2. The van der Waals surface area contributed by atoms with E-state index in [0.717, 1.165) is 24.3 Å². The molecule has 2 unspecified atom stereocenters. The first kappa shape index (κ1) is 16.7. The summed E-state index contributed by atoms with van der Waals surface area (Å²) >= 11 is 1.83. The predicted octanol–water partition coefficient (Wildman–Crippen LogP) is 2.16. The molecule has 0 aromatic heterocycles. The minimum atomic E-state index is -4.20. The monoisotopic (exact) mass is 325 g/mol. The van der Waals surface area contributed by atoms with E-state index < -0.39 is 12.2 Å². The highest BCUT2D eigenvalue weighted by atomic mass is 32.2. The van der Waals surface area contributed by atoms with Gasteiger partial charge in [-0.15, -0.1) is 0 Å². The summed E-state index contributed by atoms with van der Waals surface area (Å²) in [6.45, 7) is 2.42. The molecule has 0 aromatic carbocycles. The Balaban J connectivity index is 1.76. The maximum atomic E-state index is 12.7. The Morgan fingerprint density at radius 1 is 1.29 bits per heavy atom. The van der Waals surface area contributed by atoms with Crippen LogP contribution in [0.3, 0.4) is 0 Å². The van der Waals surface area contributed by atoms with Crippen LogP contribution in [0.1, 0.15) is 19.8 Å². The molecule has 0 spiro atoms. The van der Waals surface area contributed by atoms with Gasteiger partial charge in [0.05, 0.1) is 0 Å². The van der Waals surface area contributed by atoms with Crippen LogP contribution in [0.15, 0.2) is 0 Å². The number of amides is 2. The van der Waals surface area contributed by atoms with Crippen molar-refractivity contribution in [2.45, 2.75) is 38.0 Å². The fraction of sp³-hybridized carbons (Fsp3) is 0.923. The largest absolute Gasteiger partial charge is 0.403 e. The second-order valence-corrected chi connectivity index (χ2v) is 6.75. The molecule has 2 aliphatic heterocycles. The van der Waals surface area contributed by atoms with E-state index in [9.17, 15) is 18.0 Å². The van der Waals surface area contributed by atoms with Gasteiger partial charge in [-0.1, -0.05) is 0 Å². The summed E-state index contributed by atoms with van der Waals surface area (Å²) in [6, 6.07) is -1.39. The lowest BCUT2D eigenvalue weighted by Crippen LogP contribution is -2.57. The number of carbonyl (C=O) groups excluding carboxylic acids is 1. The highest BCUT2D eigenvalue weighted by molar-refractivity contribution is 7.99. The van der Waals surface area contributed by atoms with Crippen molar-refractivity contribution in [3.05, 3.63) is 0 Å². The molecule has 2 rings (SSSR count). The van der Waals surface area contributed by atoms with Gasteiger partial charge in [0.2, 0.25) is 0 Å². The van der Waals surface area contributed by atoms with Crippen molar-refractivity contribution in [3.8, 4) is 0 Å². The van der Waals surface area contributed by atoms with E-state index in [1.54, 1.807) is 4.90 Å². The third kappa shape index (κ3) is 4.67. The van der Waals surface area contributed by atoms with Gasteiger partial charge in [-0.2, -0.15) is 24.9 Å². The van der Waals surface area contributed by atoms with Crippen molar-refractivity contribution in [2.75, 3.05) is 37.7 Å². The SMILES string of the molecule is CC(N1CCN(C(=O)NC2CCCSC2)CC1)C(F)(F)F. The number of carbonyl (C=O) groups is 1. The number of hydrogen-bond donors (Lipinski definition) is 1. The molecule has 21 heavy (non-hydrogen) atoms. The fourth-order valence-electron chi connectivity index (χ4n) is 2.64. The first-order valence-electron chi connectivity index (χ1n) is 7.32. The molecule has 2 heterocycles. The van der Waals surface area contributed by atoms with Gasteiger partial charge in [0.25, 0.3) is 0 Å². The van der Waals surface area contributed by atoms with E-state index in [-0.39, 0.29) is 25.2 Å². The molecule has 0 saturated carbocycles. The molecule has 122 valence electrons. The number of nitrogens with one attached hydrogen (secondary N) is 1. The van der Waals surface area contributed by atoms with Crippen LogP contribution in [-0.2, 0) is 0 Å². The first-order valence-corrected chi connectivity index (χ1v) is 8.47. The van der Waals surface area contributed by atoms with Crippen LogP contribution in [0, 0.1) is 0 Å². The number of rotatable bonds is 2. The van der Waals surface area contributed by atoms with E-state index >= 15 is 0 Å². The van der Waals surface area contributed by atoms with Crippen LogP contribution >= 0.6 is 11.8 Å². The number of alkyl halides is 3. The van der Waals surface area contributed by atoms with Crippen LogP contribution in [0.25, 0.3) is 0 Å². The average Bonchev–Trinajstić information content (AvgIpc) is 2.46. The Morgan fingerprint density at radius 2 is 1.95 bits per heavy atom. The normalized spacial score (nSPS) is 26.5. The number of thioether (sulfide) groups is 1. The Bertz CT molecular complexity index is 353. The fourth-order valence-corrected chi connectivity index (χ4v) is 3.71. The predicted molar refractivity (Wildman–Crippen MR) is 77.5 cm³/mol. The first-order chi connectivity index (χ1) is 9.88. The van der Waals surface area contributed by atoms with Crippen molar-refractivity contribution in [3.63, 3.8) is 0 Å². The van der Waals surface area contributed by atoms with Crippen molar-refractivity contribution in [1.82, 2.24) is 15.1 Å². The molecule has 2 aliphatic rings. The van der Waals surface area contributed by atoms with Gasteiger partial charge < -0.3 is 10.2 Å². The quantitative estimate of drug-likeness (QED) is 0.845. The minimum absolute atomic E-state index is 0.137. The second kappa shape index (κ2) is 7.09. The second-order valence-electron chi connectivity index (χ2n) is 5.60. The number of urea groups is 1. The van der Waals surface area contributed by atoms with Gasteiger partial charge in [-0.3, -0.25) is 4.90 Å². The number of piperazine rings is 1. The molecule has 0 aromatic rings. The van der Waals surface area contributed by atoms with Crippen LogP contribution in [0.5, 0.6) is 0 Å². The van der Waals surface area contributed by atoms with Gasteiger partial charge in [0.1, 0.15) is 6.04 Å². The summed E-state index contributed by atoms with van der Waals surface area (Å²) < 4.78 is 38.0. The van der Waals surface area contributed by atoms with E-state index in [0.29, 0.717) is 13.1 Å². The number of halogens is 3. The summed E-state index contributed by atoms with van der Waals surface area (Å²) in [7, 11) is 0. The molecular formula is C13H22F3N3OS. The van der Waals surface area contributed by atoms with Crippen LogP contribution in [0.2, 0.25) is 0 Å². The summed E-state index contributed by atoms with van der Waals surface area (Å²) in [6.07, 6.45) is -2.11. The molecule has 2 fully saturated rings. The van der Waals surface area contributed by atoms with Gasteiger partial charge in [0.15, 0.2) is 0 Å². The molecule has 1 N–H and O–H groups in total. The minimum Gasteiger partial charge on any atom is -0.334 e. The Hall–Kier alpha value is -0.630. The zero-order chi connectivity index (χ0) is 15.5. The zero-order valence-corrected chi connectivity index (χ0v) is 13.0. The third-order valence-electron chi connectivity index (χ3n) is 4.11. The lowest BCUT2D eigenvalue weighted by molar-refractivity contribution is -0.181. The van der Waals surface area contributed by atoms with E-state index in [4.69, 9.17) is 0 Å². The standard InChI is InChI=1S/C13H22F3N3OS/c1-10(13(14,15)16)18-4-6-19(7-5-18)12(20)17-11-3-2-8-21-9-11/h10-11H,2-9H2,1H3,(H,17,20). The zero-order valence-electron chi connectivity index (χ0n) is 12.2. The molecule has 0 bridgehead atoms. The number of nitrogens with zero attached hydrogens (tertiary/aromatic N) is 2. The topological polar surface area (TPSA) is 35.6 Å². The number of hydrogen-bond acceptors (Lipinski definition) is 3. The average molecular weight is 325 g/mol. The van der Waals surface area contributed by atoms with Crippen LogP contribution < -0.4 is 5.32 Å². The van der Waals surface area contributed by atoms with Crippen molar-refractivity contribution >= 4 is 17.8 Å². The Morgan fingerprint density at radius 3 is 2.48 bits per heavy atom. The molecule has 0 aliphatic carbocycles. The molecule has 0 radical (unpaired) electrons. The van der Waals surface area contributed by atoms with Crippen molar-refractivity contribution < 1.29 is 18.0 Å². The van der Waals surface area contributed by atoms with Crippen LogP contribution in [0.4, 0.5) is 18.0 Å². The molecule has 2 atom stereocenters. The van der Waals surface area contributed by atoms with Gasteiger partial charge in [-0.25, -0.2) is 4.79 Å². The van der Waals surface area contributed by atoms with E-state index in [1.165, 1.54) is 11.8 Å². The molecule has 8 heteroatoms. The van der Waals surface area contributed by atoms with E-state index in [1.807, 2.05) is 11.8 Å². The maximum absolute atomic E-state index is 12.7. The summed E-state index contributed by atoms with van der Waals surface area (Å²) in [4.78, 5) is 15.1. The van der Waals surface area contributed by atoms with Gasteiger partial charge in [-0.05, 0) is 25.5 Å². The molecular weight excluding hydrogens is 303 g/mol. The lowest BCUT2D eigenvalue weighted by Gasteiger charge is -2.39. The van der Waals surface area contributed by atoms with Gasteiger partial charge in [0, 0.05) is 38.0 Å². The van der Waals surface area contributed by atoms with Crippen molar-refractivity contribution in [1.29, 1.82) is 0 Å². The molecule has 2 amide bonds. The summed E-state index contributed by atoms with van der Waals surface area (Å²) in [5.74, 6) is 2.07. The summed E-state index contributed by atoms with van der Waals surface area (Å²) in [5.41, 5.74) is 0. The highest BCUT2D eigenvalue weighted by Gasteiger charge is 2.41. The molecule has 4 nitrogen and oxygen atoms in total. The van der Waals surface area contributed by atoms with Crippen molar-refractivity contribution in [2.24, 2.45) is 0 Å². The third-order valence-corrected chi connectivity index (χ3v) is 5.33. The Kier molecular flexibility index (Phi) is 5.65. The smallest absolute Gasteiger partial charge is 0.334 e. The Labute approximate surface area is 127 Å². The van der Waals surface area contributed by atoms with E-state index in [2.05, 4.69) is 5.32 Å². The molecule has 2 saturated heterocycles. The van der Waals surface area contributed by atoms with Crippen LogP contribution in [-0.4, -0.2) is 71.8 Å².